The molecule has 45 heavy (non-hydrogen) atoms. The second-order valence-corrected chi connectivity index (χ2v) is 11.4. The predicted molar refractivity (Wildman–Crippen MR) is 170 cm³/mol. The van der Waals surface area contributed by atoms with Crippen molar-refractivity contribution in [2.45, 2.75) is 38.0 Å². The molecular formula is C34H39N5O6. The quantitative estimate of drug-likeness (QED) is 0.310. The number of methoxy groups -OCH3 is 2. The summed E-state index contributed by atoms with van der Waals surface area (Å²) in [6.07, 6.45) is 1.14. The van der Waals surface area contributed by atoms with Gasteiger partial charge in [-0.05, 0) is 66.4 Å². The van der Waals surface area contributed by atoms with Crippen LogP contribution < -0.4 is 20.1 Å². The highest BCUT2D eigenvalue weighted by Gasteiger charge is 2.34. The van der Waals surface area contributed by atoms with Gasteiger partial charge in [-0.1, -0.05) is 18.2 Å². The fraction of sp³-hybridized carbons (Fsp3) is 0.382. The van der Waals surface area contributed by atoms with Gasteiger partial charge in [0.25, 0.3) is 5.91 Å². The molecule has 4 bridgehead atoms. The summed E-state index contributed by atoms with van der Waals surface area (Å²) in [6, 6.07) is 18.7. The maximum atomic E-state index is 13.8. The maximum Gasteiger partial charge on any atom is 0.254 e. The molecular weight excluding hydrogens is 574 g/mol. The highest BCUT2D eigenvalue weighted by Crippen LogP contribution is 2.33. The number of aromatic nitrogens is 2. The molecule has 11 nitrogen and oxygen atoms in total. The molecule has 2 N–H and O–H groups in total. The predicted octanol–water partition coefficient (Wildman–Crippen LogP) is 4.29. The van der Waals surface area contributed by atoms with Crippen LogP contribution in [0.1, 0.15) is 34.3 Å². The van der Waals surface area contributed by atoms with E-state index in [4.69, 9.17) is 18.9 Å². The molecule has 236 valence electrons. The summed E-state index contributed by atoms with van der Waals surface area (Å²) in [5.74, 6) is 2.40. The van der Waals surface area contributed by atoms with E-state index in [9.17, 15) is 9.59 Å². The number of rotatable bonds is 6. The Morgan fingerprint density at radius 1 is 1.09 bits per heavy atom. The Kier molecular flexibility index (Phi) is 9.18. The molecule has 2 atom stereocenters. The van der Waals surface area contributed by atoms with Crippen molar-refractivity contribution in [2.24, 2.45) is 7.05 Å². The van der Waals surface area contributed by atoms with Crippen molar-refractivity contribution in [1.82, 2.24) is 19.8 Å². The molecule has 1 saturated heterocycles. The van der Waals surface area contributed by atoms with E-state index in [1.54, 1.807) is 19.1 Å². The van der Waals surface area contributed by atoms with Crippen LogP contribution in [0.3, 0.4) is 0 Å². The third kappa shape index (κ3) is 6.89. The van der Waals surface area contributed by atoms with E-state index in [2.05, 4.69) is 15.6 Å². The van der Waals surface area contributed by atoms with Crippen molar-refractivity contribution in [3.63, 3.8) is 0 Å². The number of anilines is 1. The molecule has 2 amide bonds. The van der Waals surface area contributed by atoms with Crippen molar-refractivity contribution in [1.29, 1.82) is 0 Å². The minimum Gasteiger partial charge on any atom is -0.493 e. The lowest BCUT2D eigenvalue weighted by Crippen LogP contribution is -2.57. The van der Waals surface area contributed by atoms with Crippen LogP contribution in [0.15, 0.2) is 60.7 Å². The van der Waals surface area contributed by atoms with Crippen LogP contribution in [-0.4, -0.2) is 78.9 Å². The van der Waals surface area contributed by atoms with Crippen LogP contribution in [0.4, 0.5) is 5.95 Å². The Bertz CT molecular complexity index is 1690. The number of nitrogens with one attached hydrogen (secondary N) is 2. The van der Waals surface area contributed by atoms with Gasteiger partial charge in [0.05, 0.1) is 43.5 Å². The number of piperidine rings is 1. The summed E-state index contributed by atoms with van der Waals surface area (Å²) in [4.78, 5) is 33.5. The number of aryl methyl sites for hydroxylation is 2. The first-order chi connectivity index (χ1) is 21.9. The summed E-state index contributed by atoms with van der Waals surface area (Å²) < 4.78 is 25.2. The molecule has 3 aromatic carbocycles. The Balaban J connectivity index is 1.20. The van der Waals surface area contributed by atoms with Crippen LogP contribution in [0.25, 0.3) is 11.0 Å². The molecule has 3 heterocycles. The average molecular weight is 614 g/mol. The number of carbonyl (C=O) groups excluding carboxylic acids is 2. The van der Waals surface area contributed by atoms with E-state index in [0.717, 1.165) is 22.2 Å². The van der Waals surface area contributed by atoms with E-state index in [1.165, 1.54) is 0 Å². The Hall–Kier alpha value is -4.61. The lowest BCUT2D eigenvalue weighted by atomic mass is 10.00. The van der Waals surface area contributed by atoms with Crippen molar-refractivity contribution < 1.29 is 28.5 Å². The van der Waals surface area contributed by atoms with Crippen LogP contribution >= 0.6 is 0 Å². The molecule has 6 rings (SSSR count). The summed E-state index contributed by atoms with van der Waals surface area (Å²) in [7, 11) is 5.20. The number of benzene rings is 3. The Morgan fingerprint density at radius 2 is 1.98 bits per heavy atom. The summed E-state index contributed by atoms with van der Waals surface area (Å²) in [6.45, 7) is 2.39. The molecule has 1 aromatic heterocycles. The van der Waals surface area contributed by atoms with Crippen molar-refractivity contribution in [2.75, 3.05) is 45.8 Å². The molecule has 2 aliphatic heterocycles. The monoisotopic (exact) mass is 613 g/mol. The second kappa shape index (κ2) is 13.6. The standard InChI is InChI=1S/C34H39N5O6/c1-38-28-10-9-24(19-26(28)37-34(38)35-14-16-42-2)33(41)39-15-13-29-27(20-39)36-32(40)12-8-22-7-11-30(43-3)31(18-22)45-25-6-4-5-23(17-25)21-44-29/h4-7,9-11,17-19,27,29H,8,12-16,20-21H2,1-3H3,(H,35,37)(H,36,40)/t27-,29+/m0/s1. The normalized spacial score (nSPS) is 18.6. The summed E-state index contributed by atoms with van der Waals surface area (Å²) >= 11 is 0. The number of hydrogen-bond acceptors (Lipinski definition) is 8. The van der Waals surface area contributed by atoms with Gasteiger partial charge in [0.2, 0.25) is 11.9 Å². The average Bonchev–Trinajstić information content (AvgIpc) is 3.37. The fourth-order valence-corrected chi connectivity index (χ4v) is 5.91. The Morgan fingerprint density at radius 3 is 2.82 bits per heavy atom. The number of amides is 2. The molecule has 11 heteroatoms. The van der Waals surface area contributed by atoms with Crippen molar-refractivity contribution in [3.8, 4) is 17.2 Å². The van der Waals surface area contributed by atoms with Crippen LogP contribution in [0.5, 0.6) is 17.2 Å². The van der Waals surface area contributed by atoms with E-state index in [1.807, 2.05) is 72.3 Å². The number of ether oxygens (including phenoxy) is 4. The van der Waals surface area contributed by atoms with E-state index >= 15 is 0 Å². The molecule has 2 aliphatic rings. The zero-order chi connectivity index (χ0) is 31.3. The lowest BCUT2D eigenvalue weighted by Gasteiger charge is -2.39. The lowest BCUT2D eigenvalue weighted by molar-refractivity contribution is -0.124. The molecule has 0 saturated carbocycles. The van der Waals surface area contributed by atoms with Crippen molar-refractivity contribution in [3.05, 3.63) is 77.4 Å². The molecule has 0 radical (unpaired) electrons. The van der Waals surface area contributed by atoms with Crippen LogP contribution in [0, 0.1) is 0 Å². The second-order valence-electron chi connectivity index (χ2n) is 11.4. The van der Waals surface area contributed by atoms with Crippen LogP contribution in [0.2, 0.25) is 0 Å². The topological polar surface area (TPSA) is 116 Å². The zero-order valence-corrected chi connectivity index (χ0v) is 25.9. The minimum absolute atomic E-state index is 0.0972. The van der Waals surface area contributed by atoms with Gasteiger partial charge in [0.1, 0.15) is 5.75 Å². The number of imidazole rings is 1. The maximum absolute atomic E-state index is 13.8. The number of likely N-dealkylation sites (tertiary alicyclic amines) is 1. The van der Waals surface area contributed by atoms with Gasteiger partial charge in [0, 0.05) is 45.8 Å². The SMILES string of the molecule is COCCNc1nc2cc(C(=O)N3CC[C@H]4OCc5cccc(c5)Oc5cc(ccc5OC)CCC(=O)N[C@H]4C3)ccc2n1C. The number of hydrogen-bond donors (Lipinski definition) is 2. The third-order valence-electron chi connectivity index (χ3n) is 8.36. The van der Waals surface area contributed by atoms with Gasteiger partial charge >= 0.3 is 0 Å². The number of fused-ring (bicyclic) bond motifs is 6. The van der Waals surface area contributed by atoms with Gasteiger partial charge in [0.15, 0.2) is 11.5 Å². The third-order valence-corrected chi connectivity index (χ3v) is 8.36. The molecule has 0 aliphatic carbocycles. The first-order valence-corrected chi connectivity index (χ1v) is 15.2. The van der Waals surface area contributed by atoms with Crippen molar-refractivity contribution >= 4 is 28.8 Å². The molecule has 0 unspecified atom stereocenters. The highest BCUT2D eigenvalue weighted by molar-refractivity contribution is 5.98. The van der Waals surface area contributed by atoms with Gasteiger partial charge in [-0.3, -0.25) is 9.59 Å². The highest BCUT2D eigenvalue weighted by atomic mass is 16.5. The first kappa shape index (κ1) is 30.4. The Labute approximate surface area is 262 Å². The van der Waals surface area contributed by atoms with Gasteiger partial charge in [-0.2, -0.15) is 0 Å². The largest absolute Gasteiger partial charge is 0.493 e. The smallest absolute Gasteiger partial charge is 0.254 e. The minimum atomic E-state index is -0.360. The van der Waals surface area contributed by atoms with Crippen LogP contribution in [-0.2, 0) is 34.3 Å². The van der Waals surface area contributed by atoms with E-state index < -0.39 is 0 Å². The van der Waals surface area contributed by atoms with Gasteiger partial charge in [-0.15, -0.1) is 0 Å². The first-order valence-electron chi connectivity index (χ1n) is 15.2. The molecule has 0 spiro atoms. The molecule has 4 aromatic rings. The van der Waals surface area contributed by atoms with Gasteiger partial charge in [-0.25, -0.2) is 4.98 Å². The van der Waals surface area contributed by atoms with Gasteiger partial charge < -0.3 is 39.0 Å². The molecule has 1 fully saturated rings. The van der Waals surface area contributed by atoms with E-state index in [0.29, 0.717) is 74.5 Å². The zero-order valence-electron chi connectivity index (χ0n) is 25.9. The summed E-state index contributed by atoms with van der Waals surface area (Å²) in [5, 5.41) is 6.44. The summed E-state index contributed by atoms with van der Waals surface area (Å²) in [5.41, 5.74) is 4.12. The fourth-order valence-electron chi connectivity index (χ4n) is 5.91. The number of carbonyl (C=O) groups is 2. The van der Waals surface area contributed by atoms with E-state index in [-0.39, 0.29) is 30.4 Å². The number of nitrogens with zero attached hydrogens (tertiary/aromatic N) is 3.